The number of piperazine rings is 1. The zero-order valence-electron chi connectivity index (χ0n) is 16.2. The molecule has 3 aromatic rings. The van der Waals surface area contributed by atoms with Crippen LogP contribution in [0.3, 0.4) is 0 Å². The van der Waals surface area contributed by atoms with Gasteiger partial charge in [-0.1, -0.05) is 11.3 Å². The van der Waals surface area contributed by atoms with Crippen LogP contribution in [0.2, 0.25) is 0 Å². The number of halogens is 2. The summed E-state index contributed by atoms with van der Waals surface area (Å²) in [6, 6.07) is 9.07. The van der Waals surface area contributed by atoms with Crippen LogP contribution in [-0.4, -0.2) is 60.3 Å². The Kier molecular flexibility index (Phi) is 8.91. The Balaban J connectivity index is 0.00000160. The zero-order chi connectivity index (χ0) is 19.3. The molecule has 2 aromatic heterocycles. The molecule has 0 bridgehead atoms. The lowest BCUT2D eigenvalue weighted by molar-refractivity contribution is 0.133. The van der Waals surface area contributed by atoms with E-state index in [0.29, 0.717) is 30.6 Å². The van der Waals surface area contributed by atoms with E-state index in [4.69, 9.17) is 9.47 Å². The van der Waals surface area contributed by atoms with Gasteiger partial charge < -0.3 is 19.7 Å². The smallest absolute Gasteiger partial charge is 0.324 e. The summed E-state index contributed by atoms with van der Waals surface area (Å²) in [7, 11) is 1.63. The van der Waals surface area contributed by atoms with E-state index in [1.807, 2.05) is 30.3 Å². The van der Waals surface area contributed by atoms with Crippen molar-refractivity contribution in [2.24, 2.45) is 0 Å². The molecule has 0 aliphatic carbocycles. The molecule has 1 unspecified atom stereocenters. The summed E-state index contributed by atoms with van der Waals surface area (Å²) >= 11 is 1.43. The fraction of sp³-hybridized carbons (Fsp3) is 0.316. The Bertz CT molecular complexity index is 960. The second-order valence-electron chi connectivity index (χ2n) is 6.33. The number of nitrogens with zero attached hydrogens (tertiary/aromatic N) is 3. The number of carbonyl (C=O) groups is 1. The first-order valence-electron chi connectivity index (χ1n) is 8.98. The number of fused-ring (bicyclic) bond motifs is 1. The molecular weight excluding hydrogens is 449 g/mol. The van der Waals surface area contributed by atoms with Crippen LogP contribution in [0.5, 0.6) is 11.5 Å². The molecule has 2 N–H and O–H groups in total. The molecule has 11 heteroatoms. The SMILES string of the molecule is COc1ccc2nc(NC(=O)N3CCNCC3COc3cccnc3)sc2c1.Cl.Cl. The van der Waals surface area contributed by atoms with Gasteiger partial charge in [-0.25, -0.2) is 9.78 Å². The minimum absolute atomic E-state index is 0. The molecule has 30 heavy (non-hydrogen) atoms. The molecule has 0 spiro atoms. The summed E-state index contributed by atoms with van der Waals surface area (Å²) in [5, 5.41) is 6.80. The molecule has 162 valence electrons. The first-order chi connectivity index (χ1) is 13.7. The highest BCUT2D eigenvalue weighted by atomic mass is 35.5. The number of pyridine rings is 1. The van der Waals surface area contributed by atoms with Crippen LogP contribution in [0, 0.1) is 0 Å². The summed E-state index contributed by atoms with van der Waals surface area (Å²) in [6.45, 7) is 2.41. The Labute approximate surface area is 190 Å². The van der Waals surface area contributed by atoms with E-state index in [1.165, 1.54) is 11.3 Å². The summed E-state index contributed by atoms with van der Waals surface area (Å²) in [5.41, 5.74) is 0.831. The molecule has 4 rings (SSSR count). The number of amides is 2. The van der Waals surface area contributed by atoms with Gasteiger partial charge in [0.2, 0.25) is 0 Å². The Morgan fingerprint density at radius 1 is 1.33 bits per heavy atom. The van der Waals surface area contributed by atoms with Gasteiger partial charge in [-0.3, -0.25) is 10.3 Å². The van der Waals surface area contributed by atoms with E-state index in [9.17, 15) is 4.79 Å². The van der Waals surface area contributed by atoms with Crippen LogP contribution in [0.4, 0.5) is 9.93 Å². The maximum atomic E-state index is 12.9. The average Bonchev–Trinajstić information content (AvgIpc) is 3.14. The maximum absolute atomic E-state index is 12.9. The molecule has 0 radical (unpaired) electrons. The van der Waals surface area contributed by atoms with Gasteiger partial charge in [0.1, 0.15) is 18.1 Å². The predicted octanol–water partition coefficient (Wildman–Crippen LogP) is 3.43. The summed E-state index contributed by atoms with van der Waals surface area (Å²) in [4.78, 5) is 23.2. The van der Waals surface area contributed by atoms with Gasteiger partial charge in [-0.2, -0.15) is 0 Å². The Morgan fingerprint density at radius 3 is 2.97 bits per heavy atom. The average molecular weight is 472 g/mol. The number of aromatic nitrogens is 2. The maximum Gasteiger partial charge on any atom is 0.324 e. The number of benzene rings is 1. The number of ether oxygens (including phenoxy) is 2. The first-order valence-corrected chi connectivity index (χ1v) is 9.80. The normalized spacial score (nSPS) is 15.6. The molecule has 2 amide bonds. The number of nitrogens with one attached hydrogen (secondary N) is 2. The summed E-state index contributed by atoms with van der Waals surface area (Å²) in [5.74, 6) is 1.46. The number of anilines is 1. The van der Waals surface area contributed by atoms with Gasteiger partial charge in [-0.15, -0.1) is 24.8 Å². The quantitative estimate of drug-likeness (QED) is 0.592. The van der Waals surface area contributed by atoms with Crippen LogP contribution < -0.4 is 20.1 Å². The molecule has 1 saturated heterocycles. The molecule has 1 atom stereocenters. The summed E-state index contributed by atoms with van der Waals surface area (Å²) < 4.78 is 12.0. The van der Waals surface area contributed by atoms with Gasteiger partial charge in [-0.05, 0) is 30.3 Å². The lowest BCUT2D eigenvalue weighted by atomic mass is 10.2. The number of carbonyl (C=O) groups excluding carboxylic acids is 1. The number of hydrogen-bond acceptors (Lipinski definition) is 7. The lowest BCUT2D eigenvalue weighted by Crippen LogP contribution is -2.57. The molecular formula is C19H23Cl2N5O3S. The number of thiazole rings is 1. The third-order valence-electron chi connectivity index (χ3n) is 4.50. The van der Waals surface area contributed by atoms with Crippen LogP contribution in [0.1, 0.15) is 0 Å². The molecule has 0 saturated carbocycles. The standard InChI is InChI=1S/C19H21N5O3S.2ClH/c1-26-14-4-5-16-17(9-14)28-18(22-16)23-19(25)24-8-7-21-10-13(24)12-27-15-3-2-6-20-11-15;;/h2-6,9,11,13,21H,7-8,10,12H2,1H3,(H,22,23,25);2*1H. The Hall–Kier alpha value is -2.33. The Morgan fingerprint density at radius 2 is 2.20 bits per heavy atom. The van der Waals surface area contributed by atoms with Crippen LogP contribution >= 0.6 is 36.2 Å². The van der Waals surface area contributed by atoms with Crippen molar-refractivity contribution in [1.82, 2.24) is 20.2 Å². The monoisotopic (exact) mass is 471 g/mol. The second kappa shape index (κ2) is 11.2. The highest BCUT2D eigenvalue weighted by molar-refractivity contribution is 7.22. The van der Waals surface area contributed by atoms with Crippen molar-refractivity contribution in [2.45, 2.75) is 6.04 Å². The largest absolute Gasteiger partial charge is 0.497 e. The van der Waals surface area contributed by atoms with Gasteiger partial charge in [0, 0.05) is 25.8 Å². The minimum Gasteiger partial charge on any atom is -0.497 e. The molecule has 3 heterocycles. The molecule has 1 fully saturated rings. The lowest BCUT2D eigenvalue weighted by Gasteiger charge is -2.35. The van der Waals surface area contributed by atoms with E-state index in [-0.39, 0.29) is 36.9 Å². The van der Waals surface area contributed by atoms with Crippen molar-refractivity contribution in [1.29, 1.82) is 0 Å². The van der Waals surface area contributed by atoms with Gasteiger partial charge in [0.25, 0.3) is 0 Å². The van der Waals surface area contributed by atoms with Gasteiger partial charge in [0.05, 0.1) is 29.6 Å². The molecule has 1 aromatic carbocycles. The summed E-state index contributed by atoms with van der Waals surface area (Å²) in [6.07, 6.45) is 3.36. The third kappa shape index (κ3) is 5.63. The third-order valence-corrected chi connectivity index (χ3v) is 5.43. The fourth-order valence-electron chi connectivity index (χ4n) is 3.05. The highest BCUT2D eigenvalue weighted by Crippen LogP contribution is 2.29. The van der Waals surface area contributed by atoms with Crippen LogP contribution in [-0.2, 0) is 0 Å². The van der Waals surface area contributed by atoms with Crippen LogP contribution in [0.25, 0.3) is 10.2 Å². The number of methoxy groups -OCH3 is 1. The predicted molar refractivity (Wildman–Crippen MR) is 123 cm³/mol. The van der Waals surface area contributed by atoms with Crippen molar-refractivity contribution in [3.63, 3.8) is 0 Å². The van der Waals surface area contributed by atoms with E-state index in [2.05, 4.69) is 20.6 Å². The fourth-order valence-corrected chi connectivity index (χ4v) is 3.93. The highest BCUT2D eigenvalue weighted by Gasteiger charge is 2.28. The zero-order valence-corrected chi connectivity index (χ0v) is 18.7. The van der Waals surface area contributed by atoms with Crippen molar-refractivity contribution in [3.8, 4) is 11.5 Å². The molecule has 1 aliphatic rings. The van der Waals surface area contributed by atoms with Crippen LogP contribution in [0.15, 0.2) is 42.7 Å². The number of rotatable bonds is 5. The van der Waals surface area contributed by atoms with E-state index >= 15 is 0 Å². The van der Waals surface area contributed by atoms with E-state index in [0.717, 1.165) is 22.5 Å². The molecule has 1 aliphatic heterocycles. The van der Waals surface area contributed by atoms with E-state index in [1.54, 1.807) is 24.4 Å². The van der Waals surface area contributed by atoms with E-state index < -0.39 is 0 Å². The minimum atomic E-state index is -0.174. The van der Waals surface area contributed by atoms with Gasteiger partial charge >= 0.3 is 6.03 Å². The van der Waals surface area contributed by atoms with Crippen molar-refractivity contribution >= 4 is 57.5 Å². The second-order valence-corrected chi connectivity index (χ2v) is 7.36. The molecule has 8 nitrogen and oxygen atoms in total. The van der Waals surface area contributed by atoms with Crippen molar-refractivity contribution in [2.75, 3.05) is 38.7 Å². The topological polar surface area (TPSA) is 88.6 Å². The number of hydrogen-bond donors (Lipinski definition) is 2. The van der Waals surface area contributed by atoms with Crippen molar-refractivity contribution in [3.05, 3.63) is 42.7 Å². The van der Waals surface area contributed by atoms with Crippen molar-refractivity contribution < 1.29 is 14.3 Å². The van der Waals surface area contributed by atoms with Gasteiger partial charge in [0.15, 0.2) is 5.13 Å². The number of urea groups is 1. The first kappa shape index (κ1) is 23.9.